The fourth-order valence-electron chi connectivity index (χ4n) is 3.76. The van der Waals surface area contributed by atoms with Crippen molar-refractivity contribution < 1.29 is 9.53 Å². The molecule has 0 spiro atoms. The third-order valence-electron chi connectivity index (χ3n) is 5.35. The molecule has 3 aromatic rings. The zero-order chi connectivity index (χ0) is 21.6. The minimum absolute atomic E-state index is 0.0937. The number of carbonyl (C=O) groups is 1. The molecule has 0 saturated carbocycles. The maximum absolute atomic E-state index is 13.5. The van der Waals surface area contributed by atoms with Crippen molar-refractivity contribution in [2.45, 2.75) is 26.2 Å². The number of carbonyl (C=O) groups excluding carboxylic acids is 1. The molecule has 1 fully saturated rings. The Morgan fingerprint density at radius 1 is 1.10 bits per heavy atom. The average Bonchev–Trinajstić information content (AvgIpc) is 2.82. The summed E-state index contributed by atoms with van der Waals surface area (Å²) < 4.78 is 6.95. The van der Waals surface area contributed by atoms with Gasteiger partial charge in [-0.05, 0) is 24.3 Å². The molecule has 1 aromatic heterocycles. The maximum atomic E-state index is 13.5. The molecule has 0 N–H and O–H groups in total. The number of aryl methyl sites for hydroxylation is 1. The summed E-state index contributed by atoms with van der Waals surface area (Å²) in [5.41, 5.74) is 1.95. The molecule has 0 radical (unpaired) electrons. The van der Waals surface area contributed by atoms with Gasteiger partial charge in [0.2, 0.25) is 5.91 Å². The summed E-state index contributed by atoms with van der Waals surface area (Å²) >= 11 is 0. The van der Waals surface area contributed by atoms with Crippen LogP contribution < -0.4 is 5.56 Å². The molecule has 2 aromatic carbocycles. The first-order valence-electron chi connectivity index (χ1n) is 10.6. The molecular formula is C25H25N3O3. The van der Waals surface area contributed by atoms with Crippen LogP contribution in [-0.4, -0.2) is 46.7 Å². The van der Waals surface area contributed by atoms with Crippen LogP contribution in [0.5, 0.6) is 0 Å². The van der Waals surface area contributed by atoms with Crippen molar-refractivity contribution in [1.82, 2.24) is 14.5 Å². The van der Waals surface area contributed by atoms with Crippen LogP contribution in [0.3, 0.4) is 0 Å². The number of amides is 1. The Labute approximate surface area is 181 Å². The van der Waals surface area contributed by atoms with Gasteiger partial charge in [0.1, 0.15) is 5.82 Å². The molecule has 0 unspecified atom stereocenters. The van der Waals surface area contributed by atoms with Crippen LogP contribution >= 0.6 is 0 Å². The van der Waals surface area contributed by atoms with E-state index in [2.05, 4.69) is 11.8 Å². The second-order valence-corrected chi connectivity index (χ2v) is 7.35. The number of aromatic nitrogens is 2. The quantitative estimate of drug-likeness (QED) is 0.615. The van der Waals surface area contributed by atoms with Crippen LogP contribution in [0.25, 0.3) is 16.6 Å². The lowest BCUT2D eigenvalue weighted by atomic mass is 10.1. The minimum Gasteiger partial charge on any atom is -0.378 e. The summed E-state index contributed by atoms with van der Waals surface area (Å²) in [6.07, 6.45) is 1.45. The first-order valence-corrected chi connectivity index (χ1v) is 10.6. The van der Waals surface area contributed by atoms with Gasteiger partial charge in [-0.1, -0.05) is 43.0 Å². The zero-order valence-corrected chi connectivity index (χ0v) is 17.6. The van der Waals surface area contributed by atoms with Crippen LogP contribution in [0.15, 0.2) is 53.3 Å². The molecule has 1 aliphatic heterocycles. The molecule has 6 heteroatoms. The summed E-state index contributed by atoms with van der Waals surface area (Å²) in [6.45, 7) is 4.45. The Kier molecular flexibility index (Phi) is 6.44. The van der Waals surface area contributed by atoms with E-state index in [0.717, 1.165) is 5.69 Å². The van der Waals surface area contributed by atoms with Crippen molar-refractivity contribution in [3.05, 3.63) is 70.3 Å². The molecule has 2 heterocycles. The largest absolute Gasteiger partial charge is 0.378 e. The van der Waals surface area contributed by atoms with Crippen molar-refractivity contribution in [3.63, 3.8) is 0 Å². The van der Waals surface area contributed by atoms with Crippen molar-refractivity contribution in [3.8, 4) is 17.5 Å². The highest BCUT2D eigenvalue weighted by Crippen LogP contribution is 2.16. The van der Waals surface area contributed by atoms with Crippen molar-refractivity contribution in [1.29, 1.82) is 0 Å². The molecule has 31 heavy (non-hydrogen) atoms. The smallest absolute Gasteiger partial charge is 0.267 e. The molecule has 1 amide bonds. The van der Waals surface area contributed by atoms with Crippen LogP contribution in [0.2, 0.25) is 0 Å². The van der Waals surface area contributed by atoms with Gasteiger partial charge in [-0.3, -0.25) is 14.2 Å². The normalized spacial score (nSPS) is 13.6. The van der Waals surface area contributed by atoms with Crippen LogP contribution in [0, 0.1) is 11.8 Å². The van der Waals surface area contributed by atoms with Gasteiger partial charge < -0.3 is 9.64 Å². The topological polar surface area (TPSA) is 64.4 Å². The van der Waals surface area contributed by atoms with E-state index < -0.39 is 0 Å². The zero-order valence-electron chi connectivity index (χ0n) is 17.6. The van der Waals surface area contributed by atoms with Gasteiger partial charge in [-0.25, -0.2) is 4.98 Å². The average molecular weight is 415 g/mol. The van der Waals surface area contributed by atoms with Crippen LogP contribution in [-0.2, 0) is 16.0 Å². The Bertz CT molecular complexity index is 1200. The highest BCUT2D eigenvalue weighted by Gasteiger charge is 2.16. The van der Waals surface area contributed by atoms with Gasteiger partial charge in [0.25, 0.3) is 5.56 Å². The fourth-order valence-corrected chi connectivity index (χ4v) is 3.76. The molecule has 0 atom stereocenters. The van der Waals surface area contributed by atoms with Gasteiger partial charge in [0, 0.05) is 37.9 Å². The Morgan fingerprint density at radius 2 is 1.87 bits per heavy atom. The highest BCUT2D eigenvalue weighted by atomic mass is 16.5. The van der Waals surface area contributed by atoms with Crippen molar-refractivity contribution in [2.24, 2.45) is 0 Å². The number of para-hydroxylation sites is 1. The second kappa shape index (κ2) is 9.59. The molecular weight excluding hydrogens is 390 g/mol. The van der Waals surface area contributed by atoms with E-state index in [-0.39, 0.29) is 11.5 Å². The molecule has 6 nitrogen and oxygen atoms in total. The highest BCUT2D eigenvalue weighted by molar-refractivity contribution is 5.84. The second-order valence-electron chi connectivity index (χ2n) is 7.35. The van der Waals surface area contributed by atoms with Crippen molar-refractivity contribution >= 4 is 16.8 Å². The first kappa shape index (κ1) is 20.8. The minimum atomic E-state index is -0.123. The van der Waals surface area contributed by atoms with E-state index in [1.165, 1.54) is 0 Å². The molecule has 158 valence electrons. The van der Waals surface area contributed by atoms with E-state index in [1.54, 1.807) is 4.57 Å². The third-order valence-corrected chi connectivity index (χ3v) is 5.35. The molecule has 1 saturated heterocycles. The maximum Gasteiger partial charge on any atom is 0.267 e. The number of benzene rings is 2. The van der Waals surface area contributed by atoms with E-state index >= 15 is 0 Å². The molecule has 0 bridgehead atoms. The summed E-state index contributed by atoms with van der Waals surface area (Å²) in [5.74, 6) is 6.98. The number of ether oxygens (including phenoxy) is 1. The van der Waals surface area contributed by atoms with Gasteiger partial charge in [-0.2, -0.15) is 0 Å². The summed E-state index contributed by atoms with van der Waals surface area (Å²) in [7, 11) is 0. The van der Waals surface area contributed by atoms with Crippen LogP contribution in [0.4, 0.5) is 0 Å². The number of hydrogen-bond acceptors (Lipinski definition) is 4. The summed E-state index contributed by atoms with van der Waals surface area (Å²) in [4.78, 5) is 32.3. The van der Waals surface area contributed by atoms with E-state index in [9.17, 15) is 9.59 Å². The predicted molar refractivity (Wildman–Crippen MR) is 120 cm³/mol. The van der Waals surface area contributed by atoms with E-state index in [4.69, 9.17) is 9.72 Å². The lowest BCUT2D eigenvalue weighted by molar-refractivity contribution is -0.135. The lowest BCUT2D eigenvalue weighted by Gasteiger charge is -2.26. The number of fused-ring (bicyclic) bond motifs is 1. The number of nitrogens with zero attached hydrogens (tertiary/aromatic N) is 3. The molecule has 0 aliphatic carbocycles. The molecule has 4 rings (SSSR count). The Morgan fingerprint density at radius 3 is 2.61 bits per heavy atom. The lowest BCUT2D eigenvalue weighted by Crippen LogP contribution is -2.40. The van der Waals surface area contributed by atoms with Gasteiger partial charge >= 0.3 is 0 Å². The Balaban J connectivity index is 1.64. The fraction of sp³-hybridized carbons (Fsp3) is 0.320. The van der Waals surface area contributed by atoms with E-state index in [0.29, 0.717) is 67.9 Å². The number of rotatable bonds is 4. The summed E-state index contributed by atoms with van der Waals surface area (Å²) in [6, 6.07) is 15.1. The summed E-state index contributed by atoms with van der Waals surface area (Å²) in [5, 5.41) is 0.510. The predicted octanol–water partition coefficient (Wildman–Crippen LogP) is 2.94. The van der Waals surface area contributed by atoms with Gasteiger partial charge in [0.05, 0.1) is 29.8 Å². The molecule has 1 aliphatic rings. The van der Waals surface area contributed by atoms with Crippen molar-refractivity contribution in [2.75, 3.05) is 26.3 Å². The Hall–Kier alpha value is -3.43. The van der Waals surface area contributed by atoms with E-state index in [1.807, 2.05) is 60.4 Å². The monoisotopic (exact) mass is 415 g/mol. The van der Waals surface area contributed by atoms with Gasteiger partial charge in [0.15, 0.2) is 0 Å². The number of morpholine rings is 1. The van der Waals surface area contributed by atoms with Gasteiger partial charge in [-0.15, -0.1) is 0 Å². The SMILES string of the molecule is CCc1nc2cccc(C#CCCC(=O)N3CCOCC3)c2c(=O)n1-c1ccccc1. The number of hydrogen-bond donors (Lipinski definition) is 0. The first-order chi connectivity index (χ1) is 15.2. The third kappa shape index (κ3) is 4.52. The standard InChI is InChI=1S/C25H25N3O3/c1-2-22-26-21-13-8-10-19(9-6-7-14-23(29)27-15-17-31-18-16-27)24(21)25(30)28(22)20-11-4-3-5-12-20/h3-5,8,10-13H,2,7,14-18H2,1H3. The van der Waals surface area contributed by atoms with Crippen LogP contribution in [0.1, 0.15) is 31.2 Å².